The molecule has 2 unspecified atom stereocenters. The smallest absolute Gasteiger partial charge is 0.211 e. The first-order valence-electron chi connectivity index (χ1n) is 9.87. The van der Waals surface area contributed by atoms with Crippen molar-refractivity contribution in [2.24, 2.45) is 10.9 Å². The maximum atomic E-state index is 12.0. The molecule has 10 heteroatoms. The summed E-state index contributed by atoms with van der Waals surface area (Å²) in [6, 6.07) is 0.339. The summed E-state index contributed by atoms with van der Waals surface area (Å²) >= 11 is 0. The topological polar surface area (TPSA) is 82.8 Å². The van der Waals surface area contributed by atoms with E-state index >= 15 is 0 Å². The number of likely N-dealkylation sites (tertiary alicyclic amines) is 1. The molecule has 1 aromatic rings. The average molecular weight is 524 g/mol. The Labute approximate surface area is 185 Å². The number of piperidine rings is 1. The van der Waals surface area contributed by atoms with Crippen molar-refractivity contribution >= 4 is 40.0 Å². The van der Waals surface area contributed by atoms with E-state index in [1.165, 1.54) is 6.26 Å². The summed E-state index contributed by atoms with van der Waals surface area (Å²) in [5, 5.41) is 3.39. The second-order valence-electron chi connectivity index (χ2n) is 7.65. The number of halogens is 1. The van der Waals surface area contributed by atoms with Gasteiger partial charge in [0.25, 0.3) is 0 Å². The van der Waals surface area contributed by atoms with E-state index < -0.39 is 10.0 Å². The predicted octanol–water partition coefficient (Wildman–Crippen LogP) is 1.77. The van der Waals surface area contributed by atoms with Crippen molar-refractivity contribution in [2.75, 3.05) is 39.0 Å². The fourth-order valence-electron chi connectivity index (χ4n) is 4.14. The van der Waals surface area contributed by atoms with Gasteiger partial charge in [-0.05, 0) is 32.1 Å². The molecule has 0 radical (unpaired) electrons. The Morgan fingerprint density at radius 2 is 2.11 bits per heavy atom. The molecule has 0 amide bonds. The van der Waals surface area contributed by atoms with Gasteiger partial charge in [0.05, 0.1) is 25.2 Å². The first-order valence-corrected chi connectivity index (χ1v) is 11.7. The Kier molecular flexibility index (Phi) is 8.56. The number of imidazole rings is 1. The van der Waals surface area contributed by atoms with Gasteiger partial charge in [0, 0.05) is 44.6 Å². The summed E-state index contributed by atoms with van der Waals surface area (Å²) < 4.78 is 27.7. The Balaban J connectivity index is 0.00000280. The van der Waals surface area contributed by atoms with E-state index in [0.29, 0.717) is 25.0 Å². The fraction of sp³-hybridized carbons (Fsp3) is 0.778. The molecule has 2 aliphatic rings. The largest absolute Gasteiger partial charge is 0.357 e. The van der Waals surface area contributed by atoms with Gasteiger partial charge < -0.3 is 14.8 Å². The third-order valence-electron chi connectivity index (χ3n) is 5.66. The number of aromatic nitrogens is 2. The molecular formula is C18H33IN6O2S. The predicted molar refractivity (Wildman–Crippen MR) is 123 cm³/mol. The normalized spacial score (nSPS) is 26.9. The number of nitrogens with one attached hydrogen (secondary N) is 1. The lowest BCUT2D eigenvalue weighted by Gasteiger charge is -2.39. The van der Waals surface area contributed by atoms with Gasteiger partial charge in [0.2, 0.25) is 10.0 Å². The van der Waals surface area contributed by atoms with Crippen molar-refractivity contribution in [1.82, 2.24) is 24.1 Å². The molecule has 28 heavy (non-hydrogen) atoms. The highest BCUT2D eigenvalue weighted by Gasteiger charge is 2.32. The van der Waals surface area contributed by atoms with Crippen LogP contribution in [0.2, 0.25) is 0 Å². The molecule has 2 fully saturated rings. The standard InChI is InChI=1S/C18H32N6O2S.HI/c1-4-20-18(21-12-16-6-5-9-24(16)27(3,25)26)22-10-7-15(2)17(13-22)23-11-8-19-14-23;/h8,11,14-17H,4-7,9-10,12-13H2,1-3H3,(H,20,21);1H/t15?,16-,17?;/m1./s1. The molecule has 1 N–H and O–H groups in total. The van der Waals surface area contributed by atoms with E-state index in [0.717, 1.165) is 44.9 Å². The van der Waals surface area contributed by atoms with Crippen LogP contribution in [-0.4, -0.2) is 78.2 Å². The van der Waals surface area contributed by atoms with Crippen LogP contribution in [0.1, 0.15) is 39.2 Å². The van der Waals surface area contributed by atoms with E-state index in [9.17, 15) is 8.42 Å². The highest BCUT2D eigenvalue weighted by Crippen LogP contribution is 2.27. The minimum Gasteiger partial charge on any atom is -0.357 e. The van der Waals surface area contributed by atoms with Crippen LogP contribution in [0.5, 0.6) is 0 Å². The van der Waals surface area contributed by atoms with Gasteiger partial charge in [0.1, 0.15) is 0 Å². The van der Waals surface area contributed by atoms with Gasteiger partial charge in [-0.15, -0.1) is 24.0 Å². The van der Waals surface area contributed by atoms with Gasteiger partial charge >= 0.3 is 0 Å². The van der Waals surface area contributed by atoms with E-state index in [4.69, 9.17) is 4.99 Å². The summed E-state index contributed by atoms with van der Waals surface area (Å²) in [6.07, 6.45) is 9.91. The highest BCUT2D eigenvalue weighted by molar-refractivity contribution is 14.0. The molecule has 2 saturated heterocycles. The van der Waals surface area contributed by atoms with Crippen LogP contribution in [0.25, 0.3) is 0 Å². The lowest BCUT2D eigenvalue weighted by Crippen LogP contribution is -2.49. The molecule has 3 heterocycles. The number of rotatable bonds is 5. The molecule has 0 aromatic carbocycles. The van der Waals surface area contributed by atoms with Crippen LogP contribution in [-0.2, 0) is 10.0 Å². The van der Waals surface area contributed by atoms with Crippen LogP contribution >= 0.6 is 24.0 Å². The first-order chi connectivity index (χ1) is 12.9. The van der Waals surface area contributed by atoms with Crippen molar-refractivity contribution < 1.29 is 8.42 Å². The molecule has 0 aliphatic carbocycles. The summed E-state index contributed by atoms with van der Waals surface area (Å²) in [7, 11) is -3.16. The molecule has 3 atom stereocenters. The molecule has 3 rings (SSSR count). The number of sulfonamides is 1. The molecule has 160 valence electrons. The summed E-state index contributed by atoms with van der Waals surface area (Å²) in [6.45, 7) is 8.10. The third kappa shape index (κ3) is 5.59. The van der Waals surface area contributed by atoms with Crippen LogP contribution in [0.15, 0.2) is 23.7 Å². The average Bonchev–Trinajstić information content (AvgIpc) is 3.30. The molecule has 8 nitrogen and oxygen atoms in total. The Morgan fingerprint density at radius 1 is 1.32 bits per heavy atom. The Bertz CT molecular complexity index is 739. The molecule has 1 aromatic heterocycles. The summed E-state index contributed by atoms with van der Waals surface area (Å²) in [5.74, 6) is 1.46. The van der Waals surface area contributed by atoms with E-state index in [1.54, 1.807) is 4.31 Å². The van der Waals surface area contributed by atoms with Gasteiger partial charge in [-0.25, -0.2) is 13.4 Å². The number of hydrogen-bond acceptors (Lipinski definition) is 4. The zero-order chi connectivity index (χ0) is 19.4. The van der Waals surface area contributed by atoms with Crippen molar-refractivity contribution in [2.45, 2.75) is 45.2 Å². The first kappa shape index (κ1) is 23.4. The van der Waals surface area contributed by atoms with E-state index in [-0.39, 0.29) is 30.0 Å². The second-order valence-corrected chi connectivity index (χ2v) is 9.59. The highest BCUT2D eigenvalue weighted by atomic mass is 127. The summed E-state index contributed by atoms with van der Waals surface area (Å²) in [4.78, 5) is 11.3. The summed E-state index contributed by atoms with van der Waals surface area (Å²) in [5.41, 5.74) is 0. The van der Waals surface area contributed by atoms with Gasteiger partial charge in [-0.3, -0.25) is 4.99 Å². The second kappa shape index (κ2) is 10.2. The Morgan fingerprint density at radius 3 is 2.75 bits per heavy atom. The minimum atomic E-state index is -3.16. The van der Waals surface area contributed by atoms with Crippen LogP contribution < -0.4 is 5.32 Å². The molecule has 0 saturated carbocycles. The monoisotopic (exact) mass is 524 g/mol. The van der Waals surface area contributed by atoms with Crippen LogP contribution in [0.3, 0.4) is 0 Å². The number of nitrogens with zero attached hydrogens (tertiary/aromatic N) is 5. The van der Waals surface area contributed by atoms with Crippen molar-refractivity contribution in [3.8, 4) is 0 Å². The van der Waals surface area contributed by atoms with Crippen molar-refractivity contribution in [3.63, 3.8) is 0 Å². The zero-order valence-corrected chi connectivity index (χ0v) is 20.1. The molecular weight excluding hydrogens is 491 g/mol. The van der Waals surface area contributed by atoms with E-state index in [1.807, 2.05) is 18.7 Å². The quantitative estimate of drug-likeness (QED) is 0.361. The third-order valence-corrected chi connectivity index (χ3v) is 6.99. The number of hydrogen-bond donors (Lipinski definition) is 1. The maximum absolute atomic E-state index is 12.0. The number of aliphatic imine (C=N–C) groups is 1. The molecule has 0 spiro atoms. The lowest BCUT2D eigenvalue weighted by molar-refractivity contribution is 0.188. The van der Waals surface area contributed by atoms with Crippen LogP contribution in [0.4, 0.5) is 0 Å². The fourth-order valence-corrected chi connectivity index (χ4v) is 5.32. The van der Waals surface area contributed by atoms with Crippen molar-refractivity contribution in [3.05, 3.63) is 18.7 Å². The number of guanidine groups is 1. The van der Waals surface area contributed by atoms with Gasteiger partial charge in [-0.2, -0.15) is 4.31 Å². The van der Waals surface area contributed by atoms with E-state index in [2.05, 4.69) is 33.6 Å². The zero-order valence-electron chi connectivity index (χ0n) is 17.0. The lowest BCUT2D eigenvalue weighted by atomic mass is 9.93. The Hall–Kier alpha value is -0.880. The maximum Gasteiger partial charge on any atom is 0.211 e. The van der Waals surface area contributed by atoms with Gasteiger partial charge in [-0.1, -0.05) is 6.92 Å². The van der Waals surface area contributed by atoms with Gasteiger partial charge in [0.15, 0.2) is 5.96 Å². The SMILES string of the molecule is CCNC(=NC[C@H]1CCCN1S(C)(=O)=O)N1CCC(C)C(n2ccnc2)C1.I. The molecule has 0 bridgehead atoms. The minimum absolute atomic E-state index is 0. The van der Waals surface area contributed by atoms with Crippen molar-refractivity contribution in [1.29, 1.82) is 0 Å². The van der Waals surface area contributed by atoms with Crippen LogP contribution in [0, 0.1) is 5.92 Å². The molecule has 2 aliphatic heterocycles.